The van der Waals surface area contributed by atoms with E-state index in [1.807, 2.05) is 47.0 Å². The van der Waals surface area contributed by atoms with Crippen LogP contribution in [0.15, 0.2) is 61.1 Å². The third-order valence-corrected chi connectivity index (χ3v) is 4.49. The minimum atomic E-state index is 0.659. The lowest BCUT2D eigenvalue weighted by Gasteiger charge is -2.12. The molecule has 0 spiro atoms. The Morgan fingerprint density at radius 2 is 1.81 bits per heavy atom. The first-order valence-corrected chi connectivity index (χ1v) is 8.58. The maximum atomic E-state index is 5.46. The number of ether oxygens (including phenoxy) is 2. The van der Waals surface area contributed by atoms with Crippen LogP contribution < -0.4 is 14.8 Å². The molecule has 0 aliphatic heterocycles. The largest absolute Gasteiger partial charge is 0.493 e. The topological polar surface area (TPSA) is 60.7 Å². The van der Waals surface area contributed by atoms with Gasteiger partial charge in [-0.3, -0.25) is 9.38 Å². The Bertz CT molecular complexity index is 1100. The summed E-state index contributed by atoms with van der Waals surface area (Å²) in [5, 5.41) is 3.53. The molecule has 2 heterocycles. The molecule has 4 rings (SSSR count). The Balaban J connectivity index is 1.89. The van der Waals surface area contributed by atoms with E-state index in [1.54, 1.807) is 26.6 Å². The molecule has 0 radical (unpaired) electrons. The average Bonchev–Trinajstić information content (AvgIpc) is 3.07. The molecule has 4 aromatic rings. The number of imidazole rings is 1. The minimum absolute atomic E-state index is 0.659. The standard InChI is InChI=1S/C21H20N4O2/c1-14-6-4-5-7-16(14)23-21-20(24-19-13-22-10-11-25(19)21)15-8-9-17(26-2)18(12-15)27-3/h4-13,23H,1-3H3. The zero-order chi connectivity index (χ0) is 18.8. The van der Waals surface area contributed by atoms with Crippen LogP contribution in [0.2, 0.25) is 0 Å². The van der Waals surface area contributed by atoms with Crippen LogP contribution in [0.1, 0.15) is 5.56 Å². The molecule has 0 saturated heterocycles. The van der Waals surface area contributed by atoms with Crippen molar-refractivity contribution in [3.05, 3.63) is 66.6 Å². The number of methoxy groups -OCH3 is 2. The van der Waals surface area contributed by atoms with Gasteiger partial charge in [-0.15, -0.1) is 0 Å². The number of para-hydroxylation sites is 1. The van der Waals surface area contributed by atoms with Crippen LogP contribution in [0.3, 0.4) is 0 Å². The summed E-state index contributed by atoms with van der Waals surface area (Å²) in [5.41, 5.74) is 4.68. The molecule has 2 aromatic heterocycles. The molecule has 0 aliphatic carbocycles. The number of hydrogen-bond donors (Lipinski definition) is 1. The van der Waals surface area contributed by atoms with Crippen molar-refractivity contribution in [1.82, 2.24) is 14.4 Å². The molecule has 27 heavy (non-hydrogen) atoms. The number of nitrogens with one attached hydrogen (secondary N) is 1. The van der Waals surface area contributed by atoms with Crippen molar-refractivity contribution in [2.45, 2.75) is 6.92 Å². The molecule has 136 valence electrons. The van der Waals surface area contributed by atoms with Gasteiger partial charge in [-0.05, 0) is 36.8 Å². The van der Waals surface area contributed by atoms with Crippen LogP contribution in [0.25, 0.3) is 16.9 Å². The number of benzene rings is 2. The third-order valence-electron chi connectivity index (χ3n) is 4.49. The summed E-state index contributed by atoms with van der Waals surface area (Å²) in [7, 11) is 3.25. The van der Waals surface area contributed by atoms with Gasteiger partial charge in [-0.2, -0.15) is 0 Å². The molecule has 6 nitrogen and oxygen atoms in total. The van der Waals surface area contributed by atoms with Crippen molar-refractivity contribution < 1.29 is 9.47 Å². The molecular formula is C21H20N4O2. The fourth-order valence-corrected chi connectivity index (χ4v) is 3.05. The van der Waals surface area contributed by atoms with E-state index in [9.17, 15) is 0 Å². The number of fused-ring (bicyclic) bond motifs is 1. The first-order chi connectivity index (χ1) is 13.2. The second kappa shape index (κ2) is 6.99. The van der Waals surface area contributed by atoms with E-state index in [4.69, 9.17) is 14.5 Å². The van der Waals surface area contributed by atoms with Crippen molar-refractivity contribution in [2.75, 3.05) is 19.5 Å². The zero-order valence-electron chi connectivity index (χ0n) is 15.4. The Hall–Kier alpha value is -3.54. The monoisotopic (exact) mass is 360 g/mol. The Kier molecular flexibility index (Phi) is 4.38. The van der Waals surface area contributed by atoms with Crippen LogP contribution in [-0.4, -0.2) is 28.6 Å². The summed E-state index contributed by atoms with van der Waals surface area (Å²) in [4.78, 5) is 8.97. The van der Waals surface area contributed by atoms with E-state index in [0.29, 0.717) is 11.5 Å². The van der Waals surface area contributed by atoms with E-state index >= 15 is 0 Å². The highest BCUT2D eigenvalue weighted by Gasteiger charge is 2.17. The number of aryl methyl sites for hydroxylation is 1. The van der Waals surface area contributed by atoms with Gasteiger partial charge in [0.1, 0.15) is 11.5 Å². The maximum absolute atomic E-state index is 5.46. The Labute approximate surface area is 157 Å². The summed E-state index contributed by atoms with van der Waals surface area (Å²) in [5.74, 6) is 2.21. The summed E-state index contributed by atoms with van der Waals surface area (Å²) in [6, 6.07) is 13.9. The van der Waals surface area contributed by atoms with Crippen LogP contribution in [0.4, 0.5) is 11.5 Å². The highest BCUT2D eigenvalue weighted by Crippen LogP contribution is 2.36. The predicted octanol–water partition coefficient (Wildman–Crippen LogP) is 4.47. The molecule has 0 unspecified atom stereocenters. The number of anilines is 2. The number of rotatable bonds is 5. The molecule has 0 amide bonds. The minimum Gasteiger partial charge on any atom is -0.493 e. The van der Waals surface area contributed by atoms with Gasteiger partial charge in [0, 0.05) is 23.6 Å². The van der Waals surface area contributed by atoms with Gasteiger partial charge in [0.05, 0.1) is 20.4 Å². The van der Waals surface area contributed by atoms with Gasteiger partial charge < -0.3 is 14.8 Å². The molecule has 1 N–H and O–H groups in total. The van der Waals surface area contributed by atoms with Gasteiger partial charge in [-0.25, -0.2) is 4.98 Å². The fourth-order valence-electron chi connectivity index (χ4n) is 3.05. The fraction of sp³-hybridized carbons (Fsp3) is 0.143. The second-order valence-corrected chi connectivity index (χ2v) is 6.12. The molecule has 6 heteroatoms. The van der Waals surface area contributed by atoms with Crippen molar-refractivity contribution in [2.24, 2.45) is 0 Å². The normalized spacial score (nSPS) is 10.8. The lowest BCUT2D eigenvalue weighted by Crippen LogP contribution is -1.99. The Morgan fingerprint density at radius 1 is 1.00 bits per heavy atom. The smallest absolute Gasteiger partial charge is 0.161 e. The predicted molar refractivity (Wildman–Crippen MR) is 106 cm³/mol. The molecule has 0 fully saturated rings. The third kappa shape index (κ3) is 3.06. The van der Waals surface area contributed by atoms with E-state index in [2.05, 4.69) is 23.3 Å². The average molecular weight is 360 g/mol. The van der Waals surface area contributed by atoms with E-state index in [1.165, 1.54) is 0 Å². The first kappa shape index (κ1) is 16.9. The number of nitrogens with zero attached hydrogens (tertiary/aromatic N) is 3. The van der Waals surface area contributed by atoms with Gasteiger partial charge in [-0.1, -0.05) is 18.2 Å². The van der Waals surface area contributed by atoms with Gasteiger partial charge in [0.2, 0.25) is 0 Å². The zero-order valence-corrected chi connectivity index (χ0v) is 15.4. The highest BCUT2D eigenvalue weighted by atomic mass is 16.5. The van der Waals surface area contributed by atoms with Crippen LogP contribution in [0, 0.1) is 6.92 Å². The van der Waals surface area contributed by atoms with Crippen LogP contribution in [-0.2, 0) is 0 Å². The molecule has 2 aromatic carbocycles. The van der Waals surface area contributed by atoms with Gasteiger partial charge >= 0.3 is 0 Å². The molecule has 0 saturated carbocycles. The molecule has 0 aliphatic rings. The van der Waals surface area contributed by atoms with Gasteiger partial charge in [0.25, 0.3) is 0 Å². The van der Waals surface area contributed by atoms with E-state index in [-0.39, 0.29) is 0 Å². The Morgan fingerprint density at radius 3 is 2.59 bits per heavy atom. The van der Waals surface area contributed by atoms with E-state index in [0.717, 1.165) is 34.0 Å². The molecular weight excluding hydrogens is 340 g/mol. The van der Waals surface area contributed by atoms with Crippen molar-refractivity contribution >= 4 is 17.2 Å². The quantitative estimate of drug-likeness (QED) is 0.569. The van der Waals surface area contributed by atoms with Crippen LogP contribution >= 0.6 is 0 Å². The van der Waals surface area contributed by atoms with Crippen LogP contribution in [0.5, 0.6) is 11.5 Å². The summed E-state index contributed by atoms with van der Waals surface area (Å²) in [6.45, 7) is 2.07. The van der Waals surface area contributed by atoms with Crippen molar-refractivity contribution in [3.63, 3.8) is 0 Å². The lowest BCUT2D eigenvalue weighted by atomic mass is 10.1. The lowest BCUT2D eigenvalue weighted by molar-refractivity contribution is 0.355. The first-order valence-electron chi connectivity index (χ1n) is 8.58. The summed E-state index contributed by atoms with van der Waals surface area (Å²) < 4.78 is 12.8. The second-order valence-electron chi connectivity index (χ2n) is 6.12. The van der Waals surface area contributed by atoms with Gasteiger partial charge in [0.15, 0.2) is 17.1 Å². The van der Waals surface area contributed by atoms with Crippen molar-refractivity contribution in [1.29, 1.82) is 0 Å². The SMILES string of the molecule is COc1ccc(-c2nc3cnccn3c2Nc2ccccc2C)cc1OC. The summed E-state index contributed by atoms with van der Waals surface area (Å²) in [6.07, 6.45) is 5.39. The number of aromatic nitrogens is 3. The molecule has 0 atom stereocenters. The highest BCUT2D eigenvalue weighted by molar-refractivity contribution is 5.81. The maximum Gasteiger partial charge on any atom is 0.161 e. The number of hydrogen-bond acceptors (Lipinski definition) is 5. The summed E-state index contributed by atoms with van der Waals surface area (Å²) >= 11 is 0. The van der Waals surface area contributed by atoms with Crippen molar-refractivity contribution in [3.8, 4) is 22.8 Å². The molecule has 0 bridgehead atoms. The van der Waals surface area contributed by atoms with E-state index < -0.39 is 0 Å².